The van der Waals surface area contributed by atoms with Crippen molar-refractivity contribution in [2.75, 3.05) is 13.2 Å². The number of fused-ring (bicyclic) bond motifs is 4. The zero-order valence-electron chi connectivity index (χ0n) is 35.4. The molecule has 16 heteroatoms. The topological polar surface area (TPSA) is 251 Å². The van der Waals surface area contributed by atoms with E-state index in [-0.39, 0.29) is 24.9 Å². The summed E-state index contributed by atoms with van der Waals surface area (Å²) in [6.07, 6.45) is -6.22. The molecule has 7 rings (SSSR count). The van der Waals surface area contributed by atoms with Crippen molar-refractivity contribution in [3.8, 4) is 0 Å². The maximum Gasteiger partial charge on any atom is 0.319 e. The highest BCUT2D eigenvalue weighted by Gasteiger charge is 2.85. The first-order valence-corrected chi connectivity index (χ1v) is 21.2. The molecule has 16 nitrogen and oxygen atoms in total. The molecule has 3 heterocycles. The molecule has 334 valence electrons. The number of carbonyl (C=O) groups is 2. The molecule has 6 fully saturated rings. The number of cyclic esters (lactones) is 1. The van der Waals surface area contributed by atoms with Crippen LogP contribution in [0.4, 0.5) is 0 Å². The van der Waals surface area contributed by atoms with Crippen LogP contribution in [0.2, 0.25) is 0 Å². The molecule has 0 radical (unpaired) electrons. The van der Waals surface area contributed by atoms with E-state index in [2.05, 4.69) is 20.8 Å². The zero-order chi connectivity index (χ0) is 43.5. The quantitative estimate of drug-likeness (QED) is 0.0913. The van der Waals surface area contributed by atoms with Gasteiger partial charge in [-0.2, -0.15) is 0 Å². The van der Waals surface area contributed by atoms with Crippen molar-refractivity contribution in [1.82, 2.24) is 0 Å². The zero-order valence-corrected chi connectivity index (χ0v) is 35.4. The minimum Gasteiger partial charge on any atom is -0.460 e. The van der Waals surface area contributed by atoms with Crippen molar-refractivity contribution in [3.63, 3.8) is 0 Å². The minimum absolute atomic E-state index is 0.00721. The van der Waals surface area contributed by atoms with Gasteiger partial charge in [0.2, 0.25) is 0 Å². The largest absolute Gasteiger partial charge is 0.460 e. The van der Waals surface area contributed by atoms with E-state index < -0.39 is 125 Å². The molecule has 1 spiro atoms. The van der Waals surface area contributed by atoms with E-state index in [1.807, 2.05) is 13.0 Å². The lowest BCUT2D eigenvalue weighted by atomic mass is 9.40. The minimum atomic E-state index is -1.73. The summed E-state index contributed by atoms with van der Waals surface area (Å²) in [7, 11) is 0. The van der Waals surface area contributed by atoms with Crippen molar-refractivity contribution in [1.29, 1.82) is 0 Å². The van der Waals surface area contributed by atoms with Crippen LogP contribution < -0.4 is 0 Å². The van der Waals surface area contributed by atoms with Crippen LogP contribution >= 0.6 is 0 Å². The van der Waals surface area contributed by atoms with Gasteiger partial charge in [-0.05, 0) is 93.5 Å². The van der Waals surface area contributed by atoms with E-state index in [0.717, 1.165) is 12.0 Å². The van der Waals surface area contributed by atoms with Crippen LogP contribution in [0.5, 0.6) is 0 Å². The van der Waals surface area contributed by atoms with Gasteiger partial charge >= 0.3 is 11.9 Å². The second kappa shape index (κ2) is 15.0. The fourth-order valence-electron chi connectivity index (χ4n) is 13.0. The Morgan fingerprint density at radius 3 is 2.25 bits per heavy atom. The Morgan fingerprint density at radius 1 is 0.915 bits per heavy atom. The molecule has 0 amide bonds. The Labute approximate surface area is 345 Å². The summed E-state index contributed by atoms with van der Waals surface area (Å²) in [5, 5.41) is 88.2. The Balaban J connectivity index is 1.10. The summed E-state index contributed by atoms with van der Waals surface area (Å²) >= 11 is 0. The molecule has 59 heavy (non-hydrogen) atoms. The summed E-state index contributed by atoms with van der Waals surface area (Å²) in [5.41, 5.74) is -6.40. The number of allylic oxidation sites excluding steroid dienone is 1. The maximum absolute atomic E-state index is 14.4. The number of carbonyl (C=O) groups excluding carboxylic acids is 2. The Hall–Kier alpha value is -2.06. The first kappa shape index (κ1) is 45.0. The molecular formula is C43H66O16. The van der Waals surface area contributed by atoms with E-state index in [4.69, 9.17) is 28.4 Å². The molecule has 4 aliphatic carbocycles. The van der Waals surface area contributed by atoms with Gasteiger partial charge in [-0.3, -0.25) is 9.59 Å². The van der Waals surface area contributed by atoms with Gasteiger partial charge in [-0.25, -0.2) is 0 Å². The number of hydrogen-bond donors (Lipinski definition) is 8. The average molecular weight is 839 g/mol. The monoisotopic (exact) mass is 838 g/mol. The number of ether oxygens (including phenoxy) is 6. The number of rotatable bonds is 9. The van der Waals surface area contributed by atoms with Gasteiger partial charge in [-0.1, -0.05) is 45.4 Å². The molecule has 0 bridgehead atoms. The highest BCUT2D eigenvalue weighted by Crippen LogP contribution is 2.77. The van der Waals surface area contributed by atoms with Gasteiger partial charge in [0.05, 0.1) is 25.4 Å². The van der Waals surface area contributed by atoms with Gasteiger partial charge in [0.25, 0.3) is 0 Å². The first-order valence-electron chi connectivity index (χ1n) is 21.2. The molecule has 0 aromatic rings. The lowest BCUT2D eigenvalue weighted by Gasteiger charge is -2.64. The summed E-state index contributed by atoms with van der Waals surface area (Å²) in [4.78, 5) is 26.0. The third-order valence-electron chi connectivity index (χ3n) is 16.1. The van der Waals surface area contributed by atoms with Crippen LogP contribution in [0.25, 0.3) is 0 Å². The van der Waals surface area contributed by atoms with E-state index in [9.17, 15) is 50.4 Å². The highest BCUT2D eigenvalue weighted by molar-refractivity contribution is 5.87. The van der Waals surface area contributed by atoms with Crippen molar-refractivity contribution in [3.05, 3.63) is 23.8 Å². The van der Waals surface area contributed by atoms with E-state index >= 15 is 0 Å². The average Bonchev–Trinajstić information content (AvgIpc) is 3.51. The molecule has 3 saturated heterocycles. The smallest absolute Gasteiger partial charge is 0.319 e. The maximum atomic E-state index is 14.4. The summed E-state index contributed by atoms with van der Waals surface area (Å²) in [5.74, 6) is -1.18. The number of hydrogen-bond acceptors (Lipinski definition) is 16. The summed E-state index contributed by atoms with van der Waals surface area (Å²) in [6.45, 7) is 14.0. The Morgan fingerprint density at radius 2 is 1.59 bits per heavy atom. The Kier molecular flexibility index (Phi) is 11.5. The SMILES string of the molecule is CC(=O)OC(C)(C)CC=CC1(C)OC(=O)C23C(O)C=C4C(CCC5C4(C)CCC(OC4OC(CO)C(OC6OCC(O)C(O)C6O)C(O)C4O)C5(C)C)C2(C)CCC13O. The van der Waals surface area contributed by atoms with Gasteiger partial charge in [0.15, 0.2) is 18.2 Å². The molecule has 3 aliphatic heterocycles. The molecular weight excluding hydrogens is 772 g/mol. The highest BCUT2D eigenvalue weighted by atomic mass is 16.7. The summed E-state index contributed by atoms with van der Waals surface area (Å²) < 4.78 is 35.1. The third-order valence-corrected chi connectivity index (χ3v) is 16.1. The molecule has 0 aromatic heterocycles. The summed E-state index contributed by atoms with van der Waals surface area (Å²) in [6, 6.07) is 0. The van der Waals surface area contributed by atoms with E-state index in [1.165, 1.54) is 6.92 Å². The molecule has 8 N–H and O–H groups in total. The van der Waals surface area contributed by atoms with Crippen molar-refractivity contribution in [2.24, 2.45) is 33.5 Å². The van der Waals surface area contributed by atoms with Crippen LogP contribution in [0.3, 0.4) is 0 Å². The second-order valence-electron chi connectivity index (χ2n) is 20.3. The number of esters is 2. The third kappa shape index (κ3) is 6.52. The van der Waals surface area contributed by atoms with Crippen LogP contribution in [0, 0.1) is 33.5 Å². The molecule has 7 aliphatic rings. The van der Waals surface area contributed by atoms with Gasteiger partial charge in [-0.15, -0.1) is 0 Å². The van der Waals surface area contributed by atoms with Gasteiger partial charge in [0.1, 0.15) is 59.3 Å². The van der Waals surface area contributed by atoms with Crippen LogP contribution in [-0.2, 0) is 38.0 Å². The predicted molar refractivity (Wildman–Crippen MR) is 206 cm³/mol. The van der Waals surface area contributed by atoms with Gasteiger partial charge < -0.3 is 69.3 Å². The molecule has 3 saturated carbocycles. The number of aliphatic hydroxyl groups excluding tert-OH is 7. The molecule has 18 unspecified atom stereocenters. The van der Waals surface area contributed by atoms with Gasteiger partial charge in [0, 0.05) is 13.3 Å². The number of aliphatic hydroxyl groups is 8. The predicted octanol–water partition coefficient (Wildman–Crippen LogP) is 0.909. The van der Waals surface area contributed by atoms with E-state index in [1.54, 1.807) is 32.9 Å². The van der Waals surface area contributed by atoms with Crippen LogP contribution in [0.1, 0.15) is 100 Å². The molecule has 0 aromatic carbocycles. The Bertz CT molecular complexity index is 1700. The second-order valence-corrected chi connectivity index (χ2v) is 20.3. The van der Waals surface area contributed by atoms with E-state index in [0.29, 0.717) is 32.1 Å². The first-order chi connectivity index (χ1) is 27.3. The van der Waals surface area contributed by atoms with Crippen molar-refractivity contribution < 1.29 is 78.9 Å². The van der Waals surface area contributed by atoms with Crippen LogP contribution in [0.15, 0.2) is 23.8 Å². The normalized spacial score (nSPS) is 50.6. The molecule has 18 atom stereocenters. The fraction of sp³-hybridized carbons (Fsp3) is 0.860. The lowest BCUT2D eigenvalue weighted by molar-refractivity contribution is -0.359. The fourth-order valence-corrected chi connectivity index (χ4v) is 13.0. The van der Waals surface area contributed by atoms with Crippen molar-refractivity contribution in [2.45, 2.75) is 185 Å². The van der Waals surface area contributed by atoms with Crippen molar-refractivity contribution >= 4 is 11.9 Å². The standard InChI is InChI=1S/C43H66O16/c1-21(45)58-37(2,3)13-9-14-41(8)42(53)17-16-40(7)22-10-11-26-38(4,5)28(12-15-39(26,6)23(22)18-27(47)43(40,42)36(52)59-41)56-35-32(51)30(49)33(25(19-44)55-35)57-34-31(50)29(48)24(46)20-54-34/h9,14,18,22,24-35,44,46-51,53H,10-13,15-17,19-20H2,1-8H3. The lowest BCUT2D eigenvalue weighted by Crippen LogP contribution is -2.68. The van der Waals surface area contributed by atoms with Crippen LogP contribution in [-0.4, -0.2) is 150 Å².